The van der Waals surface area contributed by atoms with Gasteiger partial charge in [-0.3, -0.25) is 4.79 Å². The molecule has 0 aliphatic carbocycles. The van der Waals surface area contributed by atoms with E-state index >= 15 is 0 Å². The number of anilines is 1. The summed E-state index contributed by atoms with van der Waals surface area (Å²) in [6.07, 6.45) is -0.469. The number of hydrogen-bond acceptors (Lipinski definition) is 7. The number of carbonyl (C=O) groups is 3. The van der Waals surface area contributed by atoms with E-state index in [9.17, 15) is 14.4 Å². The predicted molar refractivity (Wildman–Crippen MR) is 95.0 cm³/mol. The topological polar surface area (TPSA) is 117 Å². The normalized spacial score (nSPS) is 21.1. The highest BCUT2D eigenvalue weighted by Crippen LogP contribution is 2.52. The summed E-state index contributed by atoms with van der Waals surface area (Å²) in [5, 5.41) is 2.71. The number of nitrogens with two attached hydrogens (primary N) is 1. The lowest BCUT2D eigenvalue weighted by Gasteiger charge is -2.35. The Labute approximate surface area is 155 Å². The van der Waals surface area contributed by atoms with Gasteiger partial charge in [0.1, 0.15) is 22.3 Å². The Morgan fingerprint density at radius 3 is 2.48 bits per heavy atom. The lowest BCUT2D eigenvalue weighted by atomic mass is 9.67. The predicted octanol–water partition coefficient (Wildman–Crippen LogP) is 1.48. The van der Waals surface area contributed by atoms with Crippen LogP contribution in [0.1, 0.15) is 26.3 Å². The van der Waals surface area contributed by atoms with Crippen LogP contribution in [0.15, 0.2) is 47.1 Å². The number of esters is 2. The third-order valence-corrected chi connectivity index (χ3v) is 4.47. The molecule has 142 valence electrons. The first-order valence-corrected chi connectivity index (χ1v) is 8.34. The fourth-order valence-corrected chi connectivity index (χ4v) is 3.52. The first-order chi connectivity index (χ1) is 12.7. The number of benzene rings is 1. The summed E-state index contributed by atoms with van der Waals surface area (Å²) in [5.74, 6) is -2.47. The summed E-state index contributed by atoms with van der Waals surface area (Å²) in [6, 6.07) is 6.74. The van der Waals surface area contributed by atoms with Crippen LogP contribution in [0.3, 0.4) is 0 Å². The van der Waals surface area contributed by atoms with Gasteiger partial charge >= 0.3 is 11.9 Å². The van der Waals surface area contributed by atoms with Crippen molar-refractivity contribution in [2.24, 2.45) is 5.73 Å². The molecule has 0 saturated carbocycles. The smallest absolute Gasteiger partial charge is 0.341 e. The van der Waals surface area contributed by atoms with Crippen LogP contribution >= 0.6 is 0 Å². The quantitative estimate of drug-likeness (QED) is 0.772. The molecule has 1 atom stereocenters. The van der Waals surface area contributed by atoms with Gasteiger partial charge in [-0.1, -0.05) is 18.2 Å². The molecule has 1 amide bonds. The minimum Gasteiger partial charge on any atom is -0.466 e. The molecule has 0 bridgehead atoms. The molecular weight excluding hydrogens is 352 g/mol. The summed E-state index contributed by atoms with van der Waals surface area (Å²) < 4.78 is 15.6. The zero-order valence-corrected chi connectivity index (χ0v) is 15.4. The summed E-state index contributed by atoms with van der Waals surface area (Å²) in [5.41, 5.74) is 4.70. The fourth-order valence-electron chi connectivity index (χ4n) is 3.52. The molecule has 2 aliphatic rings. The van der Waals surface area contributed by atoms with Gasteiger partial charge < -0.3 is 25.3 Å². The van der Waals surface area contributed by atoms with Crippen LogP contribution in [0.4, 0.5) is 5.69 Å². The summed E-state index contributed by atoms with van der Waals surface area (Å²) in [4.78, 5) is 38.8. The van der Waals surface area contributed by atoms with Crippen LogP contribution in [0, 0.1) is 0 Å². The van der Waals surface area contributed by atoms with Gasteiger partial charge in [0.15, 0.2) is 0 Å². The molecule has 3 rings (SSSR count). The van der Waals surface area contributed by atoms with Gasteiger partial charge in [0.25, 0.3) is 0 Å². The minimum atomic E-state index is -1.82. The first kappa shape index (κ1) is 18.5. The van der Waals surface area contributed by atoms with E-state index in [0.717, 1.165) is 0 Å². The van der Waals surface area contributed by atoms with Crippen LogP contribution < -0.4 is 11.1 Å². The van der Waals surface area contributed by atoms with Crippen molar-refractivity contribution in [1.82, 2.24) is 0 Å². The second-order valence-electron chi connectivity index (χ2n) is 6.47. The number of amides is 1. The average molecular weight is 372 g/mol. The van der Waals surface area contributed by atoms with Crippen molar-refractivity contribution in [3.05, 3.63) is 52.6 Å². The second kappa shape index (κ2) is 6.46. The summed E-state index contributed by atoms with van der Waals surface area (Å²) in [6.45, 7) is 4.81. The van der Waals surface area contributed by atoms with Crippen LogP contribution in [0.5, 0.6) is 0 Å². The molecule has 27 heavy (non-hydrogen) atoms. The van der Waals surface area contributed by atoms with Crippen molar-refractivity contribution in [3.63, 3.8) is 0 Å². The third-order valence-electron chi connectivity index (χ3n) is 4.47. The Kier molecular flexibility index (Phi) is 4.43. The highest BCUT2D eigenvalue weighted by molar-refractivity contribution is 6.21. The molecule has 1 aromatic carbocycles. The molecule has 3 N–H and O–H groups in total. The number of fused-ring (bicyclic) bond motifs is 2. The Hall–Kier alpha value is -3.29. The van der Waals surface area contributed by atoms with Crippen molar-refractivity contribution in [3.8, 4) is 0 Å². The number of carbonyl (C=O) groups excluding carboxylic acids is 3. The molecule has 0 aromatic heterocycles. The number of methoxy groups -OCH3 is 1. The minimum absolute atomic E-state index is 0.0762. The fraction of sp³-hybridized carbons (Fsp3) is 0.316. The van der Waals surface area contributed by atoms with E-state index in [1.165, 1.54) is 14.0 Å². The van der Waals surface area contributed by atoms with Crippen molar-refractivity contribution >= 4 is 23.5 Å². The van der Waals surface area contributed by atoms with Gasteiger partial charge in [-0.2, -0.15) is 0 Å². The highest BCUT2D eigenvalue weighted by Gasteiger charge is 2.61. The van der Waals surface area contributed by atoms with Gasteiger partial charge in [0.2, 0.25) is 11.8 Å². The summed E-state index contributed by atoms with van der Waals surface area (Å²) >= 11 is 0. The molecule has 1 unspecified atom stereocenters. The summed E-state index contributed by atoms with van der Waals surface area (Å²) in [7, 11) is 1.18. The van der Waals surface area contributed by atoms with Crippen molar-refractivity contribution in [1.29, 1.82) is 0 Å². The maximum absolute atomic E-state index is 13.2. The Balaban J connectivity index is 2.37. The first-order valence-electron chi connectivity index (χ1n) is 8.34. The van der Waals surface area contributed by atoms with Gasteiger partial charge in [-0.25, -0.2) is 9.59 Å². The molecule has 1 aromatic rings. The van der Waals surface area contributed by atoms with E-state index in [-0.39, 0.29) is 22.8 Å². The van der Waals surface area contributed by atoms with E-state index in [1.807, 2.05) is 0 Å². The monoisotopic (exact) mass is 372 g/mol. The number of ether oxygens (including phenoxy) is 3. The van der Waals surface area contributed by atoms with E-state index < -0.39 is 29.4 Å². The molecule has 0 radical (unpaired) electrons. The van der Waals surface area contributed by atoms with Gasteiger partial charge in [-0.05, 0) is 26.8 Å². The largest absolute Gasteiger partial charge is 0.466 e. The molecule has 2 aliphatic heterocycles. The average Bonchev–Trinajstić information content (AvgIpc) is 2.86. The Morgan fingerprint density at radius 1 is 1.19 bits per heavy atom. The number of hydrogen-bond donors (Lipinski definition) is 2. The Morgan fingerprint density at radius 2 is 1.85 bits per heavy atom. The SMILES string of the molecule is COC(=O)C1=C(C)OC(N)=C(C(=O)OC(C)C)C12C(=O)Nc1ccccc12. The van der Waals surface area contributed by atoms with Gasteiger partial charge in [-0.15, -0.1) is 0 Å². The van der Waals surface area contributed by atoms with Crippen LogP contribution in [0.2, 0.25) is 0 Å². The van der Waals surface area contributed by atoms with Crippen molar-refractivity contribution in [2.75, 3.05) is 12.4 Å². The van der Waals surface area contributed by atoms with E-state index in [4.69, 9.17) is 19.9 Å². The van der Waals surface area contributed by atoms with Crippen molar-refractivity contribution < 1.29 is 28.6 Å². The lowest BCUT2D eigenvalue weighted by Crippen LogP contribution is -2.48. The number of rotatable bonds is 3. The maximum Gasteiger partial charge on any atom is 0.341 e. The number of nitrogens with one attached hydrogen (secondary N) is 1. The maximum atomic E-state index is 13.2. The third kappa shape index (κ3) is 2.56. The Bertz CT molecular complexity index is 915. The second-order valence-corrected chi connectivity index (χ2v) is 6.47. The highest BCUT2D eigenvalue weighted by atomic mass is 16.5. The molecular formula is C19H20N2O6. The van der Waals surface area contributed by atoms with Gasteiger partial charge in [0.05, 0.1) is 13.2 Å². The lowest BCUT2D eigenvalue weighted by molar-refractivity contribution is -0.145. The molecule has 8 heteroatoms. The van der Waals surface area contributed by atoms with Crippen LogP contribution in [0.25, 0.3) is 0 Å². The van der Waals surface area contributed by atoms with Crippen LogP contribution in [-0.2, 0) is 34.0 Å². The molecule has 0 saturated heterocycles. The zero-order valence-electron chi connectivity index (χ0n) is 15.4. The standard InChI is InChI=1S/C19H20N2O6/c1-9(2)26-17(23)14-15(20)27-10(3)13(16(22)25-4)19(14)11-7-5-6-8-12(11)21-18(19)24/h5-9H,20H2,1-4H3,(H,21,24). The molecule has 1 spiro atoms. The van der Waals surface area contributed by atoms with Gasteiger partial charge in [0, 0.05) is 11.3 Å². The van der Waals surface area contributed by atoms with E-state index in [0.29, 0.717) is 11.3 Å². The molecule has 2 heterocycles. The number of para-hydroxylation sites is 1. The molecule has 8 nitrogen and oxygen atoms in total. The van der Waals surface area contributed by atoms with E-state index in [1.54, 1.807) is 38.1 Å². The van der Waals surface area contributed by atoms with Crippen molar-refractivity contribution in [2.45, 2.75) is 32.3 Å². The molecule has 0 fully saturated rings. The van der Waals surface area contributed by atoms with E-state index in [2.05, 4.69) is 5.32 Å². The zero-order chi connectivity index (χ0) is 19.9. The van der Waals surface area contributed by atoms with Crippen LogP contribution in [-0.4, -0.2) is 31.1 Å². The number of allylic oxidation sites excluding steroid dienone is 1.